The molecule has 2 rings (SSSR count). The number of carbonyl (C=O) groups excluding carboxylic acids is 2. The Morgan fingerprint density at radius 1 is 1.21 bits per heavy atom. The zero-order chi connectivity index (χ0) is 17.7. The minimum absolute atomic E-state index is 0.104. The van der Waals surface area contributed by atoms with Crippen LogP contribution in [0, 0.1) is 22.9 Å². The smallest absolute Gasteiger partial charge is 0.338 e. The molecule has 0 bridgehead atoms. The number of aryl methyl sites for hydroxylation is 1. The molecule has 1 N–H and O–H groups in total. The summed E-state index contributed by atoms with van der Waals surface area (Å²) in [6.07, 6.45) is 0. The lowest BCUT2D eigenvalue weighted by atomic mass is 10.1. The monoisotopic (exact) mass is 332 g/mol. The quantitative estimate of drug-likeness (QED) is 0.516. The van der Waals surface area contributed by atoms with Crippen molar-refractivity contribution in [2.45, 2.75) is 6.92 Å². The van der Waals surface area contributed by atoms with Crippen molar-refractivity contribution < 1.29 is 23.6 Å². The minimum Gasteiger partial charge on any atom is -0.452 e. The molecule has 0 heterocycles. The topological polar surface area (TPSA) is 98.5 Å². The zero-order valence-corrected chi connectivity index (χ0v) is 12.6. The van der Waals surface area contributed by atoms with E-state index >= 15 is 0 Å². The van der Waals surface area contributed by atoms with Crippen LogP contribution in [0.1, 0.15) is 15.9 Å². The number of carbonyl (C=O) groups is 2. The van der Waals surface area contributed by atoms with E-state index in [-0.39, 0.29) is 11.3 Å². The van der Waals surface area contributed by atoms with Gasteiger partial charge in [-0.25, -0.2) is 9.18 Å². The fraction of sp³-hybridized carbons (Fsp3) is 0.125. The van der Waals surface area contributed by atoms with Crippen LogP contribution in [0.2, 0.25) is 0 Å². The molecule has 124 valence electrons. The van der Waals surface area contributed by atoms with Gasteiger partial charge in [0.15, 0.2) is 6.61 Å². The first-order chi connectivity index (χ1) is 11.4. The molecular weight excluding hydrogens is 319 g/mol. The summed E-state index contributed by atoms with van der Waals surface area (Å²) >= 11 is 0. The van der Waals surface area contributed by atoms with Crippen molar-refractivity contribution in [3.05, 3.63) is 69.5 Å². The highest BCUT2D eigenvalue weighted by molar-refractivity contribution is 5.95. The average Bonchev–Trinajstić information content (AvgIpc) is 2.54. The Morgan fingerprint density at radius 3 is 2.46 bits per heavy atom. The van der Waals surface area contributed by atoms with Crippen LogP contribution < -0.4 is 5.32 Å². The van der Waals surface area contributed by atoms with E-state index in [1.165, 1.54) is 49.4 Å². The molecule has 0 saturated carbocycles. The molecule has 0 aromatic heterocycles. The van der Waals surface area contributed by atoms with E-state index < -0.39 is 29.2 Å². The second-order valence-electron chi connectivity index (χ2n) is 4.89. The second-order valence-corrected chi connectivity index (χ2v) is 4.89. The molecule has 0 aliphatic rings. The normalized spacial score (nSPS) is 10.1. The van der Waals surface area contributed by atoms with Crippen molar-refractivity contribution in [1.82, 2.24) is 0 Å². The number of benzene rings is 2. The Morgan fingerprint density at radius 2 is 1.88 bits per heavy atom. The molecule has 0 radical (unpaired) electrons. The highest BCUT2D eigenvalue weighted by Gasteiger charge is 2.15. The van der Waals surface area contributed by atoms with Gasteiger partial charge in [0, 0.05) is 17.3 Å². The molecular formula is C16H13FN2O5. The highest BCUT2D eigenvalue weighted by atomic mass is 19.1. The lowest BCUT2D eigenvalue weighted by Gasteiger charge is -2.07. The predicted molar refractivity (Wildman–Crippen MR) is 83.1 cm³/mol. The Bertz CT molecular complexity index is 790. The van der Waals surface area contributed by atoms with Gasteiger partial charge in [0.1, 0.15) is 5.82 Å². The maximum Gasteiger partial charge on any atom is 0.338 e. The van der Waals surface area contributed by atoms with Gasteiger partial charge in [-0.05, 0) is 43.3 Å². The summed E-state index contributed by atoms with van der Waals surface area (Å²) in [6.45, 7) is 0.961. The Hall–Kier alpha value is -3.29. The van der Waals surface area contributed by atoms with Crippen molar-refractivity contribution >= 4 is 23.3 Å². The van der Waals surface area contributed by atoms with E-state index in [2.05, 4.69) is 5.32 Å². The van der Waals surface area contributed by atoms with Crippen LogP contribution in [0.4, 0.5) is 15.8 Å². The van der Waals surface area contributed by atoms with E-state index in [0.717, 1.165) is 0 Å². The summed E-state index contributed by atoms with van der Waals surface area (Å²) in [5.41, 5.74) is 0.669. The number of anilines is 1. The Labute approximate surface area is 136 Å². The number of hydrogen-bond donors (Lipinski definition) is 1. The molecule has 7 nitrogen and oxygen atoms in total. The zero-order valence-electron chi connectivity index (χ0n) is 12.6. The number of hydrogen-bond acceptors (Lipinski definition) is 5. The largest absolute Gasteiger partial charge is 0.452 e. The lowest BCUT2D eigenvalue weighted by molar-refractivity contribution is -0.385. The number of nitro groups is 1. The van der Waals surface area contributed by atoms with E-state index in [1.807, 2.05) is 0 Å². The first kappa shape index (κ1) is 17.1. The van der Waals surface area contributed by atoms with Crippen LogP contribution in [-0.4, -0.2) is 23.4 Å². The Balaban J connectivity index is 1.92. The number of nitro benzene ring substituents is 1. The van der Waals surface area contributed by atoms with E-state index in [4.69, 9.17) is 4.74 Å². The van der Waals surface area contributed by atoms with Crippen molar-refractivity contribution in [1.29, 1.82) is 0 Å². The van der Waals surface area contributed by atoms with Crippen molar-refractivity contribution in [2.24, 2.45) is 0 Å². The van der Waals surface area contributed by atoms with Gasteiger partial charge in [-0.15, -0.1) is 0 Å². The van der Waals surface area contributed by atoms with Crippen molar-refractivity contribution in [3.8, 4) is 0 Å². The number of ether oxygens (including phenoxy) is 1. The number of nitrogens with one attached hydrogen (secondary N) is 1. The molecule has 0 saturated heterocycles. The molecule has 2 aromatic rings. The van der Waals surface area contributed by atoms with Gasteiger partial charge in [0.2, 0.25) is 0 Å². The summed E-state index contributed by atoms with van der Waals surface area (Å²) in [6, 6.07) is 8.88. The summed E-state index contributed by atoms with van der Waals surface area (Å²) in [7, 11) is 0. The SMILES string of the molecule is Cc1cc(C(=O)OCC(=O)Nc2ccc(F)cc2)ccc1[N+](=O)[O-]. The van der Waals surface area contributed by atoms with E-state index in [0.29, 0.717) is 11.3 Å². The van der Waals surface area contributed by atoms with Gasteiger partial charge >= 0.3 is 5.97 Å². The first-order valence-corrected chi connectivity index (χ1v) is 6.84. The molecule has 24 heavy (non-hydrogen) atoms. The average molecular weight is 332 g/mol. The van der Waals surface area contributed by atoms with Gasteiger partial charge in [-0.2, -0.15) is 0 Å². The maximum absolute atomic E-state index is 12.8. The summed E-state index contributed by atoms with van der Waals surface area (Å²) in [5.74, 6) is -1.80. The maximum atomic E-state index is 12.8. The molecule has 0 atom stereocenters. The number of nitrogens with zero attached hydrogens (tertiary/aromatic N) is 1. The van der Waals surface area contributed by atoms with Gasteiger partial charge in [0.05, 0.1) is 10.5 Å². The number of rotatable bonds is 5. The molecule has 0 unspecified atom stereocenters. The second kappa shape index (κ2) is 7.32. The number of halogens is 1. The fourth-order valence-corrected chi connectivity index (χ4v) is 1.93. The molecule has 2 aromatic carbocycles. The van der Waals surface area contributed by atoms with Crippen LogP contribution in [0.25, 0.3) is 0 Å². The number of amides is 1. The van der Waals surface area contributed by atoms with Crippen LogP contribution in [0.3, 0.4) is 0 Å². The first-order valence-electron chi connectivity index (χ1n) is 6.84. The third-order valence-electron chi connectivity index (χ3n) is 3.09. The predicted octanol–water partition coefficient (Wildman–Crippen LogP) is 2.84. The third-order valence-corrected chi connectivity index (χ3v) is 3.09. The standard InChI is InChI=1S/C16H13FN2O5/c1-10-8-11(2-7-14(10)19(22)23)16(21)24-9-15(20)18-13-5-3-12(17)4-6-13/h2-8H,9H2,1H3,(H,18,20). The minimum atomic E-state index is -0.776. The summed E-state index contributed by atoms with van der Waals surface area (Å²) < 4.78 is 17.6. The highest BCUT2D eigenvalue weighted by Crippen LogP contribution is 2.19. The number of esters is 1. The van der Waals surface area contributed by atoms with Gasteiger partial charge < -0.3 is 10.1 Å². The van der Waals surface area contributed by atoms with Crippen LogP contribution >= 0.6 is 0 Å². The van der Waals surface area contributed by atoms with Crippen molar-refractivity contribution in [2.75, 3.05) is 11.9 Å². The van der Waals surface area contributed by atoms with Crippen LogP contribution in [-0.2, 0) is 9.53 Å². The van der Waals surface area contributed by atoms with Crippen LogP contribution in [0.5, 0.6) is 0 Å². The van der Waals surface area contributed by atoms with E-state index in [9.17, 15) is 24.1 Å². The van der Waals surface area contributed by atoms with Crippen molar-refractivity contribution in [3.63, 3.8) is 0 Å². The molecule has 0 fully saturated rings. The molecule has 0 spiro atoms. The van der Waals surface area contributed by atoms with Gasteiger partial charge in [-0.1, -0.05) is 0 Å². The van der Waals surface area contributed by atoms with E-state index in [1.54, 1.807) is 0 Å². The lowest BCUT2D eigenvalue weighted by Crippen LogP contribution is -2.21. The third kappa shape index (κ3) is 4.35. The molecule has 8 heteroatoms. The summed E-state index contributed by atoms with van der Waals surface area (Å²) in [5, 5.41) is 13.2. The molecule has 0 aliphatic heterocycles. The van der Waals surface area contributed by atoms with Gasteiger partial charge in [-0.3, -0.25) is 14.9 Å². The molecule has 0 aliphatic carbocycles. The van der Waals surface area contributed by atoms with Gasteiger partial charge in [0.25, 0.3) is 11.6 Å². The van der Waals surface area contributed by atoms with Crippen LogP contribution in [0.15, 0.2) is 42.5 Å². The summed E-state index contributed by atoms with van der Waals surface area (Å²) in [4.78, 5) is 33.7. The Kier molecular flexibility index (Phi) is 5.20. The molecule has 1 amide bonds. The fourth-order valence-electron chi connectivity index (χ4n) is 1.93.